The van der Waals surface area contributed by atoms with Crippen LogP contribution >= 0.6 is 136 Å². The SMILES string of the molecule is CCCCCCCC/C(I)=C(/I)CCCCCCCC(=O)OCC(COC(=O)CCCCCCC/C(I)=C(/I)CCCCCCCC)OC(=O)CCCCCCC/C(I)=C(/I)CCCCCCCC. The average molecular weight is 1640 g/mol. The van der Waals surface area contributed by atoms with Crippen molar-refractivity contribution in [3.8, 4) is 0 Å². The first kappa shape index (κ1) is 71.0. The van der Waals surface area contributed by atoms with Crippen LogP contribution in [-0.2, 0) is 28.6 Å². The van der Waals surface area contributed by atoms with E-state index in [-0.39, 0.29) is 31.1 Å². The zero-order valence-corrected chi connectivity index (χ0v) is 56.9. The van der Waals surface area contributed by atoms with Gasteiger partial charge in [-0.3, -0.25) is 14.4 Å². The standard InChI is InChI=1S/C57H98I6O6/c1-4-7-10-13-19-28-37-49(58)52(61)40-31-22-16-25-34-43-55(64)67-46-48(69-57(66)45-36-27-18-24-33-42-54(63)51(60)39-30-21-15-12-9-6-3)47-68-56(65)44-35-26-17-23-32-41-53(62)50(59)38-29-20-14-11-8-5-2/h48H,4-47H2,1-3H3/b52-49-,53-50-,54-51-. The molecule has 0 heterocycles. The van der Waals surface area contributed by atoms with Gasteiger partial charge in [-0.25, -0.2) is 0 Å². The molecular formula is C57H98I6O6. The van der Waals surface area contributed by atoms with Gasteiger partial charge in [-0.05, 0) is 253 Å². The van der Waals surface area contributed by atoms with Crippen LogP contribution < -0.4 is 0 Å². The van der Waals surface area contributed by atoms with E-state index in [1.807, 2.05) is 0 Å². The smallest absolute Gasteiger partial charge is 0.306 e. The highest BCUT2D eigenvalue weighted by atomic mass is 127. The molecule has 0 spiro atoms. The number of halogens is 6. The normalized spacial score (nSPS) is 12.8. The van der Waals surface area contributed by atoms with Gasteiger partial charge in [-0.1, -0.05) is 175 Å². The minimum atomic E-state index is -0.795. The Morgan fingerprint density at radius 2 is 0.464 bits per heavy atom. The molecule has 0 saturated heterocycles. The topological polar surface area (TPSA) is 78.9 Å². The number of hydrogen-bond donors (Lipinski definition) is 0. The summed E-state index contributed by atoms with van der Waals surface area (Å²) in [5.41, 5.74) is 0. The van der Waals surface area contributed by atoms with Gasteiger partial charge in [0.25, 0.3) is 0 Å². The number of carbonyl (C=O) groups is 3. The van der Waals surface area contributed by atoms with Gasteiger partial charge in [-0.15, -0.1) is 0 Å². The van der Waals surface area contributed by atoms with E-state index in [9.17, 15) is 14.4 Å². The highest BCUT2D eigenvalue weighted by Gasteiger charge is 2.20. The predicted molar refractivity (Wildman–Crippen MR) is 348 cm³/mol. The fourth-order valence-corrected chi connectivity index (χ4v) is 12.0. The molecular weight excluding hydrogens is 1540 g/mol. The Labute approximate surface area is 507 Å². The Morgan fingerprint density at radius 1 is 0.275 bits per heavy atom. The maximum Gasteiger partial charge on any atom is 0.306 e. The molecule has 0 atom stereocenters. The van der Waals surface area contributed by atoms with Crippen LogP contribution in [0, 0.1) is 0 Å². The molecule has 0 unspecified atom stereocenters. The van der Waals surface area contributed by atoms with Crippen LogP contribution in [0.15, 0.2) is 21.5 Å². The highest BCUT2D eigenvalue weighted by molar-refractivity contribution is 14.1. The van der Waals surface area contributed by atoms with Crippen LogP contribution in [0.25, 0.3) is 0 Å². The second-order valence-corrected chi connectivity index (χ2v) is 27.1. The van der Waals surface area contributed by atoms with E-state index in [1.54, 1.807) is 0 Å². The van der Waals surface area contributed by atoms with Gasteiger partial charge in [-0.2, -0.15) is 0 Å². The molecule has 0 aliphatic heterocycles. The fourth-order valence-electron chi connectivity index (χ4n) is 8.11. The molecule has 0 N–H and O–H groups in total. The van der Waals surface area contributed by atoms with Crippen LogP contribution in [0.5, 0.6) is 0 Å². The van der Waals surface area contributed by atoms with Crippen LogP contribution in [0.1, 0.15) is 290 Å². The van der Waals surface area contributed by atoms with Crippen molar-refractivity contribution in [1.29, 1.82) is 0 Å². The van der Waals surface area contributed by atoms with Gasteiger partial charge < -0.3 is 14.2 Å². The predicted octanol–water partition coefficient (Wildman–Crippen LogP) is 22.7. The van der Waals surface area contributed by atoms with Crippen LogP contribution in [-0.4, -0.2) is 37.2 Å². The van der Waals surface area contributed by atoms with Crippen molar-refractivity contribution in [2.45, 2.75) is 297 Å². The largest absolute Gasteiger partial charge is 0.462 e. The molecule has 404 valence electrons. The van der Waals surface area contributed by atoms with Crippen molar-refractivity contribution in [2.24, 2.45) is 0 Å². The lowest BCUT2D eigenvalue weighted by molar-refractivity contribution is -0.167. The van der Waals surface area contributed by atoms with Crippen molar-refractivity contribution >= 4 is 153 Å². The molecule has 0 radical (unpaired) electrons. The quantitative estimate of drug-likeness (QED) is 0.0261. The lowest BCUT2D eigenvalue weighted by Gasteiger charge is -2.18. The van der Waals surface area contributed by atoms with Crippen molar-refractivity contribution in [3.05, 3.63) is 21.5 Å². The molecule has 0 aromatic carbocycles. The van der Waals surface area contributed by atoms with Gasteiger partial charge in [0.1, 0.15) is 13.2 Å². The Hall–Kier alpha value is 2.01. The van der Waals surface area contributed by atoms with E-state index in [4.69, 9.17) is 14.2 Å². The number of allylic oxidation sites excluding steroid dienone is 6. The van der Waals surface area contributed by atoms with Crippen molar-refractivity contribution in [3.63, 3.8) is 0 Å². The minimum absolute atomic E-state index is 0.0883. The first-order valence-corrected chi connectivity index (χ1v) is 34.5. The van der Waals surface area contributed by atoms with E-state index >= 15 is 0 Å². The molecule has 12 heteroatoms. The van der Waals surface area contributed by atoms with Crippen LogP contribution in [0.3, 0.4) is 0 Å². The third kappa shape index (κ3) is 48.1. The summed E-state index contributed by atoms with van der Waals surface area (Å²) in [7, 11) is 0. The molecule has 0 aliphatic carbocycles. The van der Waals surface area contributed by atoms with Gasteiger partial charge in [0.15, 0.2) is 6.10 Å². The van der Waals surface area contributed by atoms with Gasteiger partial charge >= 0.3 is 17.9 Å². The third-order valence-electron chi connectivity index (χ3n) is 12.6. The number of unbranched alkanes of at least 4 members (excludes halogenated alkanes) is 27. The molecule has 0 saturated carbocycles. The summed E-state index contributed by atoms with van der Waals surface area (Å²) in [6.45, 7) is 6.63. The van der Waals surface area contributed by atoms with Gasteiger partial charge in [0.2, 0.25) is 0 Å². The maximum absolute atomic E-state index is 13.0. The number of esters is 3. The third-order valence-corrected chi connectivity index (χ3v) is 22.9. The summed E-state index contributed by atoms with van der Waals surface area (Å²) in [4.78, 5) is 38.5. The number of hydrogen-bond acceptors (Lipinski definition) is 6. The Bertz CT molecular complexity index is 1300. The summed E-state index contributed by atoms with van der Waals surface area (Å²) < 4.78 is 26.1. The van der Waals surface area contributed by atoms with Crippen LogP contribution in [0.4, 0.5) is 0 Å². The molecule has 69 heavy (non-hydrogen) atoms. The molecule has 0 rings (SSSR count). The summed E-state index contributed by atoms with van der Waals surface area (Å²) in [5, 5.41) is 0. The zero-order valence-electron chi connectivity index (χ0n) is 43.9. The average Bonchev–Trinajstić information content (AvgIpc) is 3.34. The van der Waals surface area contributed by atoms with Crippen molar-refractivity contribution in [2.75, 3.05) is 13.2 Å². The zero-order chi connectivity index (χ0) is 51.0. The highest BCUT2D eigenvalue weighted by Crippen LogP contribution is 2.31. The van der Waals surface area contributed by atoms with Gasteiger partial charge in [0, 0.05) is 19.3 Å². The first-order valence-electron chi connectivity index (χ1n) is 28.0. The number of ether oxygens (including phenoxy) is 3. The molecule has 0 amide bonds. The molecule has 0 aromatic rings. The Balaban J connectivity index is 4.73. The van der Waals surface area contributed by atoms with E-state index in [2.05, 4.69) is 156 Å². The number of rotatable bonds is 50. The lowest BCUT2D eigenvalue weighted by Crippen LogP contribution is -2.30. The first-order chi connectivity index (χ1) is 33.4. The fraction of sp³-hybridized carbons (Fsp3) is 0.842. The summed E-state index contributed by atoms with van der Waals surface area (Å²) in [6.07, 6.45) is 46.9. The Morgan fingerprint density at radius 3 is 0.696 bits per heavy atom. The monoisotopic (exact) mass is 1640 g/mol. The van der Waals surface area contributed by atoms with Gasteiger partial charge in [0.05, 0.1) is 0 Å². The Kier molecular flexibility index (Phi) is 55.0. The van der Waals surface area contributed by atoms with Crippen molar-refractivity contribution in [1.82, 2.24) is 0 Å². The summed E-state index contributed by atoms with van der Waals surface area (Å²) in [6, 6.07) is 0. The van der Waals surface area contributed by atoms with Crippen LogP contribution in [0.2, 0.25) is 0 Å². The second-order valence-electron chi connectivity index (χ2n) is 19.3. The molecule has 0 bridgehead atoms. The maximum atomic E-state index is 13.0. The van der Waals surface area contributed by atoms with E-state index < -0.39 is 6.10 Å². The molecule has 6 nitrogen and oxygen atoms in total. The lowest BCUT2D eigenvalue weighted by atomic mass is 10.1. The molecule has 0 fully saturated rings. The second kappa shape index (κ2) is 53.4. The summed E-state index contributed by atoms with van der Waals surface area (Å²) in [5.74, 6) is -0.899. The van der Waals surface area contributed by atoms with E-state index in [0.717, 1.165) is 96.3 Å². The van der Waals surface area contributed by atoms with E-state index in [1.165, 1.54) is 176 Å². The van der Waals surface area contributed by atoms with Crippen molar-refractivity contribution < 1.29 is 28.6 Å². The minimum Gasteiger partial charge on any atom is -0.462 e. The van der Waals surface area contributed by atoms with E-state index in [0.29, 0.717) is 19.3 Å². The number of carbonyl (C=O) groups excluding carboxylic acids is 3. The molecule has 0 aliphatic rings. The summed E-state index contributed by atoms with van der Waals surface area (Å²) >= 11 is 15.3. The molecule has 0 aromatic heterocycles.